The monoisotopic (exact) mass is 940 g/mol. The van der Waals surface area contributed by atoms with Crippen LogP contribution < -0.4 is 25.9 Å². The van der Waals surface area contributed by atoms with Gasteiger partial charge in [0.15, 0.2) is 5.71 Å². The molecule has 6 aromatic carbocycles. The number of Topliss-reactive ketones (excluding diaryl/α,β-unsaturated/α-hetero) is 1. The number of azo groups is 2. The molecule has 0 bridgehead atoms. The van der Waals surface area contributed by atoms with E-state index in [2.05, 4.69) is 36.3 Å². The Morgan fingerprint density at radius 1 is 0.646 bits per heavy atom. The number of rotatable bonds is 13. The molecule has 0 unspecified atom stereocenters. The Balaban J connectivity index is 1.20. The minimum Gasteiger partial charge on any atom is -0.494 e. The smallest absolute Gasteiger partial charge is 0.296 e. The Bertz CT molecular complexity index is 3450. The Morgan fingerprint density at radius 3 is 1.98 bits per heavy atom. The van der Waals surface area contributed by atoms with Crippen molar-refractivity contribution in [1.82, 2.24) is 0 Å². The summed E-state index contributed by atoms with van der Waals surface area (Å²) >= 11 is 0. The highest BCUT2D eigenvalue weighted by Gasteiger charge is 2.33. The molecule has 1 amide bonds. The van der Waals surface area contributed by atoms with Gasteiger partial charge in [0, 0.05) is 45.4 Å². The highest BCUT2D eigenvalue weighted by atomic mass is 32.2. The summed E-state index contributed by atoms with van der Waals surface area (Å²) in [6, 6.07) is 24.5. The highest BCUT2D eigenvalue weighted by molar-refractivity contribution is 7.91. The molecule has 65 heavy (non-hydrogen) atoms. The van der Waals surface area contributed by atoms with Crippen LogP contribution in [0.15, 0.2) is 149 Å². The van der Waals surface area contributed by atoms with Crippen molar-refractivity contribution < 1.29 is 58.0 Å². The minimum absolute atomic E-state index is 0.00185. The molecule has 0 spiro atoms. The first-order valence-electron chi connectivity index (χ1n) is 18.3. The van der Waals surface area contributed by atoms with E-state index in [-0.39, 0.29) is 73.1 Å². The van der Waals surface area contributed by atoms with Crippen molar-refractivity contribution in [3.63, 3.8) is 0 Å². The second kappa shape index (κ2) is 17.8. The summed E-state index contributed by atoms with van der Waals surface area (Å²) in [5.74, 6) is -1.35. The number of benzene rings is 6. The number of carbonyl (C=O) groups is 2. The van der Waals surface area contributed by atoms with Crippen molar-refractivity contribution in [3.8, 4) is 11.5 Å². The predicted molar refractivity (Wildman–Crippen MR) is 238 cm³/mol. The maximum Gasteiger partial charge on any atom is 0.296 e. The third-order valence-electron chi connectivity index (χ3n) is 9.40. The van der Waals surface area contributed by atoms with Gasteiger partial charge in [-0.2, -0.15) is 35.5 Å². The number of fused-ring (bicyclic) bond motifs is 2. The Hall–Kier alpha value is -7.74. The van der Waals surface area contributed by atoms with Crippen molar-refractivity contribution in [3.05, 3.63) is 131 Å². The molecule has 24 heteroatoms. The average molecular weight is 941 g/mol. The summed E-state index contributed by atoms with van der Waals surface area (Å²) in [6.07, 6.45) is 1.02. The zero-order valence-corrected chi connectivity index (χ0v) is 35.9. The zero-order valence-electron chi connectivity index (χ0n) is 33.4. The molecule has 0 aliphatic heterocycles. The lowest BCUT2D eigenvalue weighted by Gasteiger charge is -2.18. The summed E-state index contributed by atoms with van der Waals surface area (Å²) in [5.41, 5.74) is 8.94. The summed E-state index contributed by atoms with van der Waals surface area (Å²) in [7, 11) is -11.7. The number of anilines is 3. The SMILES string of the molecule is COc1cc(N/N=C2/C(=O)c3ccc(NC(=O)c4cccc(N)c4)cc3C=C2S(=O)(=O)O)c(OC)cc1N=Nc1ccc(N=Nc2cccc(S(=O)(=O)O)c2)c2ccc(S(=O)(=O)O)cc12. The predicted octanol–water partition coefficient (Wildman–Crippen LogP) is 7.91. The lowest BCUT2D eigenvalue weighted by Crippen LogP contribution is -2.27. The second-order valence-electron chi connectivity index (χ2n) is 13.6. The van der Waals surface area contributed by atoms with Crippen LogP contribution in [0, 0.1) is 0 Å². The number of nitrogens with two attached hydrogens (primary N) is 1. The standard InChI is InChI=1S/C41H32N8O13S3/c1-61-36-21-35(48-49-39-38(65(58,59)60)17-23-16-25(9-11-29(23)40(39)50)43-41(51)22-5-3-6-24(42)15-22)37(62-2)20-34(36)47-46-33-14-13-32(30-12-10-28(19-31(30)33)64(55,56)57)45-44-26-7-4-8-27(18-26)63(52,53)54/h3-21,48H,42H2,1-2H3,(H,43,51)(H,52,53,54)(H,55,56,57)(H,58,59,60)/b45-44?,47-46?,49-39+. The molecule has 6 aromatic rings. The fraction of sp³-hybridized carbons (Fsp3) is 0.0488. The van der Waals surface area contributed by atoms with Crippen LogP contribution in [0.5, 0.6) is 11.5 Å². The van der Waals surface area contributed by atoms with E-state index in [0.29, 0.717) is 5.69 Å². The van der Waals surface area contributed by atoms with Gasteiger partial charge in [-0.05, 0) is 90.5 Å². The number of carbonyl (C=O) groups excluding carboxylic acids is 2. The summed E-state index contributed by atoms with van der Waals surface area (Å²) in [4.78, 5) is 24.8. The third-order valence-corrected chi connectivity index (χ3v) is 12.0. The number of methoxy groups -OCH3 is 2. The topological polar surface area (TPSA) is 328 Å². The van der Waals surface area contributed by atoms with Gasteiger partial charge >= 0.3 is 0 Å². The lowest BCUT2D eigenvalue weighted by molar-refractivity contribution is 0.102. The van der Waals surface area contributed by atoms with Gasteiger partial charge < -0.3 is 20.5 Å². The number of allylic oxidation sites excluding steroid dienone is 1. The molecule has 332 valence electrons. The first kappa shape index (κ1) is 45.3. The average Bonchev–Trinajstić information content (AvgIpc) is 3.26. The molecule has 7 rings (SSSR count). The quantitative estimate of drug-likeness (QED) is 0.0277. The third kappa shape index (κ3) is 10.1. The van der Waals surface area contributed by atoms with E-state index in [9.17, 15) is 48.5 Å². The lowest BCUT2D eigenvalue weighted by atomic mass is 9.94. The van der Waals surface area contributed by atoms with E-state index in [4.69, 9.17) is 15.2 Å². The van der Waals surface area contributed by atoms with Crippen LogP contribution in [0.4, 0.5) is 39.8 Å². The van der Waals surface area contributed by atoms with E-state index in [1.165, 1.54) is 87.0 Å². The molecule has 0 atom stereocenters. The van der Waals surface area contributed by atoms with Gasteiger partial charge in [0.05, 0.1) is 41.1 Å². The molecule has 0 aromatic heterocycles. The van der Waals surface area contributed by atoms with E-state index in [0.717, 1.165) is 30.3 Å². The molecule has 7 N–H and O–H groups in total. The summed E-state index contributed by atoms with van der Waals surface area (Å²) in [5, 5.41) is 23.9. The number of hydrogen-bond acceptors (Lipinski definition) is 17. The van der Waals surface area contributed by atoms with Crippen molar-refractivity contribution in [1.29, 1.82) is 0 Å². The summed E-state index contributed by atoms with van der Waals surface area (Å²) < 4.78 is 113. The van der Waals surface area contributed by atoms with E-state index in [1.54, 1.807) is 12.1 Å². The van der Waals surface area contributed by atoms with Crippen molar-refractivity contribution in [2.45, 2.75) is 9.79 Å². The van der Waals surface area contributed by atoms with Gasteiger partial charge in [0.25, 0.3) is 36.3 Å². The van der Waals surface area contributed by atoms with Gasteiger partial charge in [-0.15, -0.1) is 15.3 Å². The minimum atomic E-state index is -5.06. The zero-order chi connectivity index (χ0) is 46.8. The number of hydrazone groups is 1. The molecular weight excluding hydrogens is 909 g/mol. The number of nitrogens with zero attached hydrogens (tertiary/aromatic N) is 5. The molecule has 0 heterocycles. The van der Waals surface area contributed by atoms with Gasteiger partial charge in [-0.25, -0.2) is 0 Å². The van der Waals surface area contributed by atoms with Crippen LogP contribution in [-0.2, 0) is 30.4 Å². The van der Waals surface area contributed by atoms with Gasteiger partial charge in [-0.3, -0.25) is 28.7 Å². The van der Waals surface area contributed by atoms with Gasteiger partial charge in [0.2, 0.25) is 5.78 Å². The number of nitrogens with one attached hydrogen (secondary N) is 2. The molecule has 1 aliphatic rings. The molecule has 0 fully saturated rings. The van der Waals surface area contributed by atoms with Gasteiger partial charge in [0.1, 0.15) is 27.8 Å². The van der Waals surface area contributed by atoms with Crippen LogP contribution in [0.3, 0.4) is 0 Å². The van der Waals surface area contributed by atoms with Crippen LogP contribution in [0.25, 0.3) is 16.8 Å². The van der Waals surface area contributed by atoms with E-state index < -0.39 is 62.5 Å². The maximum absolute atomic E-state index is 13.7. The van der Waals surface area contributed by atoms with Crippen LogP contribution >= 0.6 is 0 Å². The van der Waals surface area contributed by atoms with Crippen molar-refractivity contribution >= 4 is 104 Å². The van der Waals surface area contributed by atoms with E-state index in [1.807, 2.05) is 0 Å². The number of nitrogen functional groups attached to an aromatic ring is 1. The fourth-order valence-electron chi connectivity index (χ4n) is 6.32. The Morgan fingerprint density at radius 2 is 1.31 bits per heavy atom. The normalized spacial score (nSPS) is 13.8. The molecule has 0 radical (unpaired) electrons. The molecular formula is C41H32N8O13S3. The number of ether oxygens (including phenoxy) is 2. The van der Waals surface area contributed by atoms with Crippen molar-refractivity contribution in [2.24, 2.45) is 25.6 Å². The molecule has 0 saturated carbocycles. The highest BCUT2D eigenvalue weighted by Crippen LogP contribution is 2.41. The van der Waals surface area contributed by atoms with Gasteiger partial charge in [-0.1, -0.05) is 18.2 Å². The molecule has 0 saturated heterocycles. The van der Waals surface area contributed by atoms with Crippen LogP contribution in [0.2, 0.25) is 0 Å². The Kier molecular flexibility index (Phi) is 12.4. The maximum atomic E-state index is 13.7. The molecule has 1 aliphatic carbocycles. The first-order chi connectivity index (χ1) is 30.7. The van der Waals surface area contributed by atoms with Crippen molar-refractivity contribution in [2.75, 3.05) is 30.7 Å². The summed E-state index contributed by atoms with van der Waals surface area (Å²) in [6.45, 7) is 0. The number of ketones is 1. The Labute approximate surface area is 369 Å². The largest absolute Gasteiger partial charge is 0.494 e. The number of hydrogen-bond donors (Lipinski definition) is 6. The second-order valence-corrected chi connectivity index (χ2v) is 17.9. The first-order valence-corrected chi connectivity index (χ1v) is 22.7. The molecule has 21 nitrogen and oxygen atoms in total. The van der Waals surface area contributed by atoms with E-state index >= 15 is 0 Å². The number of amides is 1. The fourth-order valence-corrected chi connectivity index (χ4v) is 8.01. The van der Waals surface area contributed by atoms with Crippen LogP contribution in [0.1, 0.15) is 26.3 Å². The van der Waals surface area contributed by atoms with Crippen LogP contribution in [-0.4, -0.2) is 70.5 Å².